The fourth-order valence-corrected chi connectivity index (χ4v) is 1.66. The van der Waals surface area contributed by atoms with Crippen LogP contribution in [0.5, 0.6) is 0 Å². The molecule has 110 valence electrons. The van der Waals surface area contributed by atoms with Gasteiger partial charge in [-0.15, -0.1) is 0 Å². The van der Waals surface area contributed by atoms with E-state index in [9.17, 15) is 14.4 Å². The number of carbonyl (C=O) groups excluding carboxylic acids is 2. The number of carboxylic acids is 1. The van der Waals surface area contributed by atoms with Crippen LogP contribution in [0.4, 0.5) is 0 Å². The zero-order chi connectivity index (χ0) is 14.8. The van der Waals surface area contributed by atoms with Crippen LogP contribution in [0.3, 0.4) is 0 Å². The minimum atomic E-state index is -1.08. The van der Waals surface area contributed by atoms with E-state index in [1.807, 2.05) is 13.8 Å². The van der Waals surface area contributed by atoms with E-state index >= 15 is 0 Å². The van der Waals surface area contributed by atoms with Crippen molar-refractivity contribution in [2.24, 2.45) is 0 Å². The van der Waals surface area contributed by atoms with Crippen molar-refractivity contribution >= 4 is 17.8 Å². The maximum Gasteiger partial charge on any atom is 0.325 e. The number of amides is 2. The Hall–Kier alpha value is -1.59. The van der Waals surface area contributed by atoms with Crippen LogP contribution in [-0.4, -0.2) is 46.9 Å². The van der Waals surface area contributed by atoms with E-state index in [0.29, 0.717) is 13.1 Å². The van der Waals surface area contributed by atoms with Crippen LogP contribution in [0, 0.1) is 0 Å². The highest BCUT2D eigenvalue weighted by molar-refractivity contribution is 5.86. The topological polar surface area (TPSA) is 86.7 Å². The molecule has 6 nitrogen and oxygen atoms in total. The Labute approximate surface area is 114 Å². The highest BCUT2D eigenvalue weighted by atomic mass is 16.4. The van der Waals surface area contributed by atoms with Gasteiger partial charge in [0, 0.05) is 25.9 Å². The first-order valence-corrected chi connectivity index (χ1v) is 6.72. The van der Waals surface area contributed by atoms with Crippen LogP contribution in [0.15, 0.2) is 0 Å². The van der Waals surface area contributed by atoms with Crippen molar-refractivity contribution in [2.45, 2.75) is 52.5 Å². The Bertz CT molecular complexity index is 312. The van der Waals surface area contributed by atoms with Crippen molar-refractivity contribution < 1.29 is 19.5 Å². The third kappa shape index (κ3) is 7.43. The summed E-state index contributed by atoms with van der Waals surface area (Å²) >= 11 is 0. The molecule has 0 saturated carbocycles. The molecule has 0 saturated heterocycles. The molecule has 0 aliphatic carbocycles. The molecule has 0 fully saturated rings. The van der Waals surface area contributed by atoms with Gasteiger partial charge in [0.25, 0.3) is 0 Å². The van der Waals surface area contributed by atoms with Gasteiger partial charge in [-0.1, -0.05) is 13.8 Å². The molecule has 1 unspecified atom stereocenters. The van der Waals surface area contributed by atoms with Crippen LogP contribution < -0.4 is 5.32 Å². The summed E-state index contributed by atoms with van der Waals surface area (Å²) in [6, 6.07) is -0.926. The Morgan fingerprint density at radius 3 is 2.05 bits per heavy atom. The summed E-state index contributed by atoms with van der Waals surface area (Å²) < 4.78 is 0. The van der Waals surface area contributed by atoms with Crippen LogP contribution in [0.2, 0.25) is 0 Å². The molecular weight excluding hydrogens is 248 g/mol. The van der Waals surface area contributed by atoms with Crippen molar-refractivity contribution in [3.05, 3.63) is 0 Å². The van der Waals surface area contributed by atoms with Gasteiger partial charge in [0.05, 0.1) is 0 Å². The number of hydrogen-bond acceptors (Lipinski definition) is 3. The molecule has 0 aromatic rings. The number of carboxylic acid groups (broad SMARTS) is 1. The third-order valence-electron chi connectivity index (χ3n) is 2.65. The molecule has 0 heterocycles. The summed E-state index contributed by atoms with van der Waals surface area (Å²) in [6.07, 6.45) is 1.92. The van der Waals surface area contributed by atoms with Crippen LogP contribution in [0.25, 0.3) is 0 Å². The van der Waals surface area contributed by atoms with Crippen molar-refractivity contribution in [2.75, 3.05) is 13.1 Å². The van der Waals surface area contributed by atoms with E-state index in [-0.39, 0.29) is 18.7 Å². The first kappa shape index (κ1) is 17.4. The molecule has 6 heteroatoms. The fourth-order valence-electron chi connectivity index (χ4n) is 1.66. The smallest absolute Gasteiger partial charge is 0.325 e. The Morgan fingerprint density at radius 1 is 1.11 bits per heavy atom. The van der Waals surface area contributed by atoms with E-state index in [1.54, 1.807) is 4.90 Å². The minimum absolute atomic E-state index is 0.0282. The van der Waals surface area contributed by atoms with Gasteiger partial charge in [0.15, 0.2) is 0 Å². The molecule has 0 aliphatic heterocycles. The number of hydrogen-bond donors (Lipinski definition) is 2. The summed E-state index contributed by atoms with van der Waals surface area (Å²) in [7, 11) is 0. The molecule has 0 aromatic heterocycles. The van der Waals surface area contributed by atoms with Crippen molar-refractivity contribution in [1.82, 2.24) is 10.2 Å². The average Bonchev–Trinajstić information content (AvgIpc) is 2.35. The fraction of sp³-hybridized carbons (Fsp3) is 0.769. The molecule has 0 aliphatic rings. The number of aliphatic carboxylic acids is 1. The van der Waals surface area contributed by atoms with Gasteiger partial charge in [-0.05, 0) is 19.8 Å². The van der Waals surface area contributed by atoms with E-state index < -0.39 is 17.9 Å². The number of rotatable bonds is 9. The Morgan fingerprint density at radius 2 is 1.63 bits per heavy atom. The van der Waals surface area contributed by atoms with Crippen molar-refractivity contribution in [3.63, 3.8) is 0 Å². The van der Waals surface area contributed by atoms with E-state index in [1.165, 1.54) is 6.92 Å². The maximum absolute atomic E-state index is 11.9. The zero-order valence-corrected chi connectivity index (χ0v) is 11.9. The normalized spacial score (nSPS) is 11.7. The standard InChI is InChI=1S/C13H24N2O4/c1-4-8-15(9-5-2)12(17)7-6-11(16)14-10(3)13(18)19/h10H,4-9H2,1-3H3,(H,14,16)(H,18,19). The summed E-state index contributed by atoms with van der Waals surface area (Å²) in [5.41, 5.74) is 0. The second-order valence-electron chi connectivity index (χ2n) is 4.51. The summed E-state index contributed by atoms with van der Waals surface area (Å²) in [6.45, 7) is 6.77. The van der Waals surface area contributed by atoms with Crippen LogP contribution in [-0.2, 0) is 14.4 Å². The predicted molar refractivity (Wildman–Crippen MR) is 71.6 cm³/mol. The highest BCUT2D eigenvalue weighted by Gasteiger charge is 2.17. The van der Waals surface area contributed by atoms with E-state index in [0.717, 1.165) is 12.8 Å². The van der Waals surface area contributed by atoms with Crippen molar-refractivity contribution in [3.8, 4) is 0 Å². The van der Waals surface area contributed by atoms with Gasteiger partial charge in [0.2, 0.25) is 11.8 Å². The zero-order valence-electron chi connectivity index (χ0n) is 11.9. The summed E-state index contributed by atoms with van der Waals surface area (Å²) in [5, 5.41) is 11.0. The lowest BCUT2D eigenvalue weighted by Crippen LogP contribution is -2.39. The van der Waals surface area contributed by atoms with Crippen LogP contribution >= 0.6 is 0 Å². The quantitative estimate of drug-likeness (QED) is 0.655. The molecule has 0 bridgehead atoms. The second kappa shape index (κ2) is 9.35. The van der Waals surface area contributed by atoms with Gasteiger partial charge in [-0.3, -0.25) is 14.4 Å². The summed E-state index contributed by atoms with van der Waals surface area (Å²) in [4.78, 5) is 35.6. The van der Waals surface area contributed by atoms with E-state index in [2.05, 4.69) is 5.32 Å². The SMILES string of the molecule is CCCN(CCC)C(=O)CCC(=O)NC(C)C(=O)O. The average molecular weight is 272 g/mol. The molecule has 19 heavy (non-hydrogen) atoms. The van der Waals surface area contributed by atoms with Gasteiger partial charge < -0.3 is 15.3 Å². The lowest BCUT2D eigenvalue weighted by molar-refractivity contribution is -0.141. The lowest BCUT2D eigenvalue weighted by atomic mass is 10.2. The molecule has 0 radical (unpaired) electrons. The molecule has 0 spiro atoms. The minimum Gasteiger partial charge on any atom is -0.480 e. The lowest BCUT2D eigenvalue weighted by Gasteiger charge is -2.21. The third-order valence-corrected chi connectivity index (χ3v) is 2.65. The van der Waals surface area contributed by atoms with Gasteiger partial charge in [0.1, 0.15) is 6.04 Å². The van der Waals surface area contributed by atoms with Gasteiger partial charge in [-0.25, -0.2) is 0 Å². The number of carbonyl (C=O) groups is 3. The maximum atomic E-state index is 11.9. The Balaban J connectivity index is 4.12. The Kier molecular flexibility index (Phi) is 8.57. The van der Waals surface area contributed by atoms with Crippen LogP contribution in [0.1, 0.15) is 46.5 Å². The van der Waals surface area contributed by atoms with Crippen molar-refractivity contribution in [1.29, 1.82) is 0 Å². The predicted octanol–water partition coefficient (Wildman–Crippen LogP) is 1.00. The highest BCUT2D eigenvalue weighted by Crippen LogP contribution is 2.01. The summed E-state index contributed by atoms with van der Waals surface area (Å²) in [5.74, 6) is -1.55. The molecule has 2 N–H and O–H groups in total. The molecular formula is C13H24N2O4. The molecule has 2 amide bonds. The number of nitrogens with one attached hydrogen (secondary N) is 1. The molecule has 0 rings (SSSR count). The molecule has 1 atom stereocenters. The van der Waals surface area contributed by atoms with E-state index in [4.69, 9.17) is 5.11 Å². The monoisotopic (exact) mass is 272 g/mol. The first-order valence-electron chi connectivity index (χ1n) is 6.72. The second-order valence-corrected chi connectivity index (χ2v) is 4.51. The van der Waals surface area contributed by atoms with Gasteiger partial charge >= 0.3 is 5.97 Å². The van der Waals surface area contributed by atoms with Gasteiger partial charge in [-0.2, -0.15) is 0 Å². The number of nitrogens with zero attached hydrogens (tertiary/aromatic N) is 1. The largest absolute Gasteiger partial charge is 0.480 e. The molecule has 0 aromatic carbocycles. The first-order chi connectivity index (χ1) is 8.92.